The van der Waals surface area contributed by atoms with Gasteiger partial charge in [-0.15, -0.1) is 0 Å². The molecule has 6 heteroatoms. The Morgan fingerprint density at radius 2 is 1.90 bits per heavy atom. The van der Waals surface area contributed by atoms with Crippen molar-refractivity contribution in [3.63, 3.8) is 0 Å². The number of aromatic carboxylic acids is 1. The molecule has 1 heterocycles. The first-order valence-corrected chi connectivity index (χ1v) is 6.13. The van der Waals surface area contributed by atoms with E-state index >= 15 is 0 Å². The van der Waals surface area contributed by atoms with Crippen LogP contribution in [0, 0.1) is 6.92 Å². The number of benzene rings is 1. The molecule has 0 amide bonds. The van der Waals surface area contributed by atoms with E-state index in [1.165, 1.54) is 4.57 Å². The highest BCUT2D eigenvalue weighted by Crippen LogP contribution is 2.09. The summed E-state index contributed by atoms with van der Waals surface area (Å²) in [4.78, 5) is 35.6. The van der Waals surface area contributed by atoms with Gasteiger partial charge >= 0.3 is 11.7 Å². The second kappa shape index (κ2) is 5.16. The van der Waals surface area contributed by atoms with Gasteiger partial charge in [0.05, 0.1) is 5.69 Å². The average Bonchev–Trinajstić information content (AvgIpc) is 2.41. The van der Waals surface area contributed by atoms with Crippen molar-refractivity contribution in [2.75, 3.05) is 0 Å². The summed E-state index contributed by atoms with van der Waals surface area (Å²) in [7, 11) is 0. The van der Waals surface area contributed by atoms with Crippen LogP contribution in [0.25, 0.3) is 5.69 Å². The fraction of sp³-hybridized carbons (Fsp3) is 0.214. The van der Waals surface area contributed by atoms with Crippen molar-refractivity contribution in [3.8, 4) is 5.69 Å². The molecule has 2 rings (SSSR count). The fourth-order valence-electron chi connectivity index (χ4n) is 2.00. The van der Waals surface area contributed by atoms with Gasteiger partial charge in [0, 0.05) is 12.7 Å². The van der Waals surface area contributed by atoms with E-state index in [0.717, 1.165) is 16.3 Å². The molecule has 1 aromatic carbocycles. The Morgan fingerprint density at radius 1 is 1.25 bits per heavy atom. The summed E-state index contributed by atoms with van der Waals surface area (Å²) >= 11 is 0. The van der Waals surface area contributed by atoms with E-state index in [-0.39, 0.29) is 6.54 Å². The molecule has 0 fully saturated rings. The molecular weight excluding hydrogens is 260 g/mol. The number of nitrogens with zero attached hydrogens (tertiary/aromatic N) is 2. The molecule has 1 N–H and O–H groups in total. The quantitative estimate of drug-likeness (QED) is 0.906. The van der Waals surface area contributed by atoms with Gasteiger partial charge in [0.25, 0.3) is 5.56 Å². The molecule has 0 bridgehead atoms. The van der Waals surface area contributed by atoms with Gasteiger partial charge in [-0.3, -0.25) is 9.36 Å². The highest BCUT2D eigenvalue weighted by atomic mass is 16.4. The third-order valence-electron chi connectivity index (χ3n) is 3.08. The molecule has 0 aliphatic carbocycles. The lowest BCUT2D eigenvalue weighted by molar-refractivity contribution is 0.0693. The maximum Gasteiger partial charge on any atom is 0.342 e. The molecule has 0 aliphatic rings. The number of carboxylic acids is 1. The number of aromatic nitrogens is 2. The first kappa shape index (κ1) is 13.8. The van der Waals surface area contributed by atoms with E-state index in [4.69, 9.17) is 5.11 Å². The Labute approximate surface area is 114 Å². The molecule has 0 atom stereocenters. The van der Waals surface area contributed by atoms with Crippen LogP contribution < -0.4 is 11.2 Å². The van der Waals surface area contributed by atoms with E-state index in [1.54, 1.807) is 38.1 Å². The Morgan fingerprint density at radius 3 is 2.45 bits per heavy atom. The molecule has 2 aromatic rings. The molecule has 0 aliphatic heterocycles. The largest absolute Gasteiger partial charge is 0.477 e. The Balaban J connectivity index is 2.93. The molecule has 0 radical (unpaired) electrons. The Hall–Kier alpha value is -2.63. The van der Waals surface area contributed by atoms with Crippen LogP contribution in [-0.4, -0.2) is 20.2 Å². The lowest BCUT2D eigenvalue weighted by Crippen LogP contribution is -2.41. The predicted octanol–water partition coefficient (Wildman–Crippen LogP) is 1.03. The standard InChI is InChI=1S/C14H14N2O4/c1-3-15-8-10(13(18)19)12(17)16(14(15)20)11-7-5-4-6-9(11)2/h4-8H,3H2,1-2H3,(H,18,19). The predicted molar refractivity (Wildman–Crippen MR) is 73.7 cm³/mol. The van der Waals surface area contributed by atoms with Gasteiger partial charge in [0.2, 0.25) is 0 Å². The normalized spacial score (nSPS) is 10.5. The van der Waals surface area contributed by atoms with Crippen molar-refractivity contribution in [2.24, 2.45) is 0 Å². The topological polar surface area (TPSA) is 81.3 Å². The Kier molecular flexibility index (Phi) is 3.56. The summed E-state index contributed by atoms with van der Waals surface area (Å²) in [5.41, 5.74) is -0.669. The third-order valence-corrected chi connectivity index (χ3v) is 3.08. The van der Waals surface area contributed by atoms with Gasteiger partial charge in [0.15, 0.2) is 0 Å². The molecule has 0 unspecified atom stereocenters. The lowest BCUT2D eigenvalue weighted by Gasteiger charge is -2.12. The van der Waals surface area contributed by atoms with Gasteiger partial charge in [0.1, 0.15) is 5.56 Å². The minimum Gasteiger partial charge on any atom is -0.477 e. The summed E-state index contributed by atoms with van der Waals surface area (Å²) in [6.45, 7) is 3.75. The summed E-state index contributed by atoms with van der Waals surface area (Å²) in [6.07, 6.45) is 1.09. The van der Waals surface area contributed by atoms with Crippen LogP contribution in [0.3, 0.4) is 0 Å². The maximum absolute atomic E-state index is 12.3. The zero-order chi connectivity index (χ0) is 14.9. The molecule has 6 nitrogen and oxygen atoms in total. The van der Waals surface area contributed by atoms with Gasteiger partial charge in [-0.1, -0.05) is 18.2 Å². The SMILES string of the molecule is CCn1cc(C(=O)O)c(=O)n(-c2ccccc2C)c1=O. The number of aryl methyl sites for hydroxylation is 2. The highest BCUT2D eigenvalue weighted by molar-refractivity contribution is 5.86. The lowest BCUT2D eigenvalue weighted by atomic mass is 10.2. The summed E-state index contributed by atoms with van der Waals surface area (Å²) in [5, 5.41) is 9.09. The zero-order valence-electron chi connectivity index (χ0n) is 11.2. The molecule has 20 heavy (non-hydrogen) atoms. The smallest absolute Gasteiger partial charge is 0.342 e. The van der Waals surface area contributed by atoms with E-state index in [0.29, 0.717) is 5.69 Å². The van der Waals surface area contributed by atoms with Gasteiger partial charge in [-0.25, -0.2) is 14.2 Å². The van der Waals surface area contributed by atoms with Gasteiger partial charge in [-0.2, -0.15) is 0 Å². The van der Waals surface area contributed by atoms with Crippen LogP contribution in [0.15, 0.2) is 40.1 Å². The van der Waals surface area contributed by atoms with Crippen molar-refractivity contribution in [2.45, 2.75) is 20.4 Å². The first-order valence-electron chi connectivity index (χ1n) is 6.13. The molecular formula is C14H14N2O4. The molecule has 1 aromatic heterocycles. The van der Waals surface area contributed by atoms with Crippen LogP contribution in [0.1, 0.15) is 22.8 Å². The maximum atomic E-state index is 12.3. The number of rotatable bonds is 3. The van der Waals surface area contributed by atoms with Crippen molar-refractivity contribution in [3.05, 3.63) is 62.4 Å². The van der Waals surface area contributed by atoms with E-state index in [9.17, 15) is 14.4 Å². The molecule has 0 saturated carbocycles. The number of hydrogen-bond acceptors (Lipinski definition) is 3. The Bertz CT molecular complexity index is 786. The van der Waals surface area contributed by atoms with E-state index < -0.39 is 22.8 Å². The van der Waals surface area contributed by atoms with Crippen molar-refractivity contribution in [1.29, 1.82) is 0 Å². The van der Waals surface area contributed by atoms with Gasteiger partial charge in [-0.05, 0) is 25.5 Å². The van der Waals surface area contributed by atoms with Crippen molar-refractivity contribution < 1.29 is 9.90 Å². The molecule has 0 saturated heterocycles. The fourth-order valence-corrected chi connectivity index (χ4v) is 2.00. The average molecular weight is 274 g/mol. The zero-order valence-corrected chi connectivity index (χ0v) is 11.2. The van der Waals surface area contributed by atoms with Crippen LogP contribution in [-0.2, 0) is 6.54 Å². The number of carbonyl (C=O) groups is 1. The first-order chi connectivity index (χ1) is 9.47. The van der Waals surface area contributed by atoms with Crippen LogP contribution in [0.5, 0.6) is 0 Å². The second-order valence-corrected chi connectivity index (χ2v) is 4.34. The second-order valence-electron chi connectivity index (χ2n) is 4.34. The van der Waals surface area contributed by atoms with Gasteiger partial charge < -0.3 is 5.11 Å². The summed E-state index contributed by atoms with van der Waals surface area (Å²) < 4.78 is 2.11. The minimum atomic E-state index is -1.35. The number of carboxylic acid groups (broad SMARTS) is 1. The van der Waals surface area contributed by atoms with Crippen LogP contribution >= 0.6 is 0 Å². The number of hydrogen-bond donors (Lipinski definition) is 1. The minimum absolute atomic E-state index is 0.283. The monoisotopic (exact) mass is 274 g/mol. The molecule has 104 valence electrons. The van der Waals surface area contributed by atoms with E-state index in [1.807, 2.05) is 0 Å². The van der Waals surface area contributed by atoms with Crippen molar-refractivity contribution in [1.82, 2.24) is 9.13 Å². The highest BCUT2D eigenvalue weighted by Gasteiger charge is 2.17. The van der Waals surface area contributed by atoms with Crippen LogP contribution in [0.4, 0.5) is 0 Å². The van der Waals surface area contributed by atoms with E-state index in [2.05, 4.69) is 0 Å². The number of para-hydroxylation sites is 1. The van der Waals surface area contributed by atoms with Crippen molar-refractivity contribution >= 4 is 5.97 Å². The van der Waals surface area contributed by atoms with Crippen LogP contribution in [0.2, 0.25) is 0 Å². The summed E-state index contributed by atoms with van der Waals surface area (Å²) in [5.74, 6) is -1.35. The summed E-state index contributed by atoms with van der Waals surface area (Å²) in [6, 6.07) is 6.84. The third kappa shape index (κ3) is 2.16. The molecule has 0 spiro atoms.